The first-order valence-electron chi connectivity index (χ1n) is 8.60. The van der Waals surface area contributed by atoms with Gasteiger partial charge in [0.05, 0.1) is 33.0 Å². The highest BCUT2D eigenvalue weighted by Crippen LogP contribution is 2.29. The highest BCUT2D eigenvalue weighted by molar-refractivity contribution is 7.98. The lowest BCUT2D eigenvalue weighted by molar-refractivity contribution is -0.119. The Morgan fingerprint density at radius 2 is 1.61 bits per heavy atom. The predicted octanol–water partition coefficient (Wildman–Crippen LogP) is 2.93. The van der Waals surface area contributed by atoms with E-state index in [2.05, 4.69) is 10.6 Å². The summed E-state index contributed by atoms with van der Waals surface area (Å²) >= 11 is 1.56. The van der Waals surface area contributed by atoms with Crippen molar-refractivity contribution in [2.45, 2.75) is 4.90 Å². The number of methoxy groups -OCH3 is 2. The fourth-order valence-electron chi connectivity index (χ4n) is 2.60. The standard InChI is InChI=1S/C20H25N3O4S/c1-23(13-20(25)22-15-7-5-6-8-18(15)28-4)12-19(24)21-14-9-10-16(26-2)17(11-14)27-3/h5-11H,12-13H2,1-4H3,(H,21,24)(H,22,25). The van der Waals surface area contributed by atoms with Gasteiger partial charge in [-0.15, -0.1) is 11.8 Å². The molecule has 0 saturated heterocycles. The van der Waals surface area contributed by atoms with E-state index >= 15 is 0 Å². The molecule has 2 aromatic carbocycles. The molecular weight excluding hydrogens is 378 g/mol. The molecule has 0 atom stereocenters. The van der Waals surface area contributed by atoms with Gasteiger partial charge in [-0.05, 0) is 37.6 Å². The molecule has 2 aromatic rings. The smallest absolute Gasteiger partial charge is 0.238 e. The summed E-state index contributed by atoms with van der Waals surface area (Å²) in [5.74, 6) is 0.704. The van der Waals surface area contributed by atoms with E-state index in [9.17, 15) is 9.59 Å². The minimum absolute atomic E-state index is 0.0753. The average molecular weight is 404 g/mol. The number of rotatable bonds is 9. The van der Waals surface area contributed by atoms with Gasteiger partial charge in [-0.1, -0.05) is 12.1 Å². The molecule has 0 aliphatic heterocycles. The van der Waals surface area contributed by atoms with Crippen LogP contribution in [0.15, 0.2) is 47.4 Å². The quantitative estimate of drug-likeness (QED) is 0.627. The van der Waals surface area contributed by atoms with Crippen LogP contribution in [0.3, 0.4) is 0 Å². The van der Waals surface area contributed by atoms with Gasteiger partial charge in [0.15, 0.2) is 11.5 Å². The second-order valence-electron chi connectivity index (χ2n) is 6.04. The number of amides is 2. The number of benzene rings is 2. The van der Waals surface area contributed by atoms with Crippen LogP contribution in [0.4, 0.5) is 11.4 Å². The van der Waals surface area contributed by atoms with E-state index in [-0.39, 0.29) is 24.9 Å². The molecule has 2 amide bonds. The Bertz CT molecular complexity index is 829. The van der Waals surface area contributed by atoms with E-state index < -0.39 is 0 Å². The molecule has 7 nitrogen and oxygen atoms in total. The summed E-state index contributed by atoms with van der Waals surface area (Å²) in [6.45, 7) is 0.175. The molecule has 0 fully saturated rings. The number of hydrogen-bond donors (Lipinski definition) is 2. The summed E-state index contributed by atoms with van der Waals surface area (Å²) in [6.07, 6.45) is 1.95. The highest BCUT2D eigenvalue weighted by atomic mass is 32.2. The van der Waals surface area contributed by atoms with Gasteiger partial charge < -0.3 is 20.1 Å². The third kappa shape index (κ3) is 6.17. The van der Waals surface area contributed by atoms with Crippen molar-refractivity contribution < 1.29 is 19.1 Å². The number of thioether (sulfide) groups is 1. The summed E-state index contributed by atoms with van der Waals surface area (Å²) in [4.78, 5) is 27.2. The first kappa shape index (κ1) is 21.6. The Balaban J connectivity index is 1.87. The molecule has 0 aliphatic rings. The van der Waals surface area contributed by atoms with Gasteiger partial charge >= 0.3 is 0 Å². The molecule has 0 radical (unpaired) electrons. The Hall–Kier alpha value is -2.71. The molecule has 2 rings (SSSR count). The van der Waals surface area contributed by atoms with Gasteiger partial charge in [0.1, 0.15) is 0 Å². The Morgan fingerprint density at radius 1 is 0.964 bits per heavy atom. The number of nitrogens with one attached hydrogen (secondary N) is 2. The Morgan fingerprint density at radius 3 is 2.25 bits per heavy atom. The van der Waals surface area contributed by atoms with Crippen LogP contribution in [0.5, 0.6) is 11.5 Å². The SMILES string of the molecule is COc1ccc(NC(=O)CN(C)CC(=O)Nc2ccccc2SC)cc1OC. The summed E-state index contributed by atoms with van der Waals surface area (Å²) in [5.41, 5.74) is 1.36. The third-order valence-electron chi connectivity index (χ3n) is 3.88. The maximum absolute atomic E-state index is 12.3. The highest BCUT2D eigenvalue weighted by Gasteiger charge is 2.13. The number of likely N-dealkylation sites (N-methyl/N-ethyl adjacent to an activating group) is 1. The molecular formula is C20H25N3O4S. The van der Waals surface area contributed by atoms with Crippen LogP contribution in [0.2, 0.25) is 0 Å². The van der Waals surface area contributed by atoms with Gasteiger partial charge in [-0.2, -0.15) is 0 Å². The van der Waals surface area contributed by atoms with Crippen molar-refractivity contribution >= 4 is 35.0 Å². The number of anilines is 2. The van der Waals surface area contributed by atoms with Crippen molar-refractivity contribution in [2.75, 3.05) is 51.2 Å². The lowest BCUT2D eigenvalue weighted by atomic mass is 10.2. The largest absolute Gasteiger partial charge is 0.493 e. The molecule has 150 valence electrons. The number of nitrogens with zero attached hydrogens (tertiary/aromatic N) is 1. The van der Waals surface area contributed by atoms with E-state index in [0.717, 1.165) is 10.6 Å². The Labute approximate surface area is 169 Å². The van der Waals surface area contributed by atoms with Crippen LogP contribution < -0.4 is 20.1 Å². The zero-order chi connectivity index (χ0) is 20.5. The van der Waals surface area contributed by atoms with Crippen molar-refractivity contribution in [2.24, 2.45) is 0 Å². The number of carbonyl (C=O) groups excluding carboxylic acids is 2. The maximum Gasteiger partial charge on any atom is 0.238 e. The molecule has 0 spiro atoms. The zero-order valence-corrected chi connectivity index (χ0v) is 17.3. The lowest BCUT2D eigenvalue weighted by Crippen LogP contribution is -2.36. The molecule has 0 bridgehead atoms. The van der Waals surface area contributed by atoms with Crippen molar-refractivity contribution in [3.05, 3.63) is 42.5 Å². The van der Waals surface area contributed by atoms with E-state index in [1.165, 1.54) is 7.11 Å². The number of hydrogen-bond acceptors (Lipinski definition) is 6. The van der Waals surface area contributed by atoms with Crippen LogP contribution in [0, 0.1) is 0 Å². The summed E-state index contributed by atoms with van der Waals surface area (Å²) in [7, 11) is 4.80. The molecule has 2 N–H and O–H groups in total. The summed E-state index contributed by atoms with van der Waals surface area (Å²) in [5, 5.41) is 5.67. The Kier molecular flexibility index (Phi) is 8.16. The maximum atomic E-state index is 12.3. The molecule has 8 heteroatoms. The van der Waals surface area contributed by atoms with Gasteiger partial charge in [0.25, 0.3) is 0 Å². The fourth-order valence-corrected chi connectivity index (χ4v) is 3.15. The van der Waals surface area contributed by atoms with Crippen molar-refractivity contribution in [1.82, 2.24) is 4.90 Å². The van der Waals surface area contributed by atoms with E-state index in [1.807, 2.05) is 30.5 Å². The number of ether oxygens (including phenoxy) is 2. The van der Waals surface area contributed by atoms with E-state index in [0.29, 0.717) is 17.2 Å². The first-order valence-corrected chi connectivity index (χ1v) is 9.82. The van der Waals surface area contributed by atoms with Gasteiger partial charge in [-0.25, -0.2) is 0 Å². The molecule has 0 saturated carbocycles. The summed E-state index contributed by atoms with van der Waals surface area (Å²) in [6, 6.07) is 12.7. The molecule has 0 heterocycles. The topological polar surface area (TPSA) is 79.9 Å². The van der Waals surface area contributed by atoms with Crippen molar-refractivity contribution in [3.63, 3.8) is 0 Å². The van der Waals surface area contributed by atoms with Gasteiger partial charge in [0.2, 0.25) is 11.8 Å². The molecule has 0 aliphatic carbocycles. The monoisotopic (exact) mass is 403 g/mol. The third-order valence-corrected chi connectivity index (χ3v) is 4.67. The lowest BCUT2D eigenvalue weighted by Gasteiger charge is -2.17. The minimum Gasteiger partial charge on any atom is -0.493 e. The second-order valence-corrected chi connectivity index (χ2v) is 6.89. The van der Waals surface area contributed by atoms with Crippen LogP contribution in [-0.4, -0.2) is 57.3 Å². The van der Waals surface area contributed by atoms with Crippen LogP contribution in [0.25, 0.3) is 0 Å². The van der Waals surface area contributed by atoms with E-state index in [4.69, 9.17) is 9.47 Å². The second kappa shape index (κ2) is 10.6. The normalized spacial score (nSPS) is 10.5. The average Bonchev–Trinajstić information content (AvgIpc) is 2.67. The summed E-state index contributed by atoms with van der Waals surface area (Å²) < 4.78 is 10.4. The fraction of sp³-hybridized carbons (Fsp3) is 0.300. The minimum atomic E-state index is -0.230. The molecule has 28 heavy (non-hydrogen) atoms. The predicted molar refractivity (Wildman–Crippen MR) is 113 cm³/mol. The van der Waals surface area contributed by atoms with Crippen LogP contribution in [0.1, 0.15) is 0 Å². The zero-order valence-electron chi connectivity index (χ0n) is 16.4. The van der Waals surface area contributed by atoms with Crippen molar-refractivity contribution in [3.8, 4) is 11.5 Å². The van der Waals surface area contributed by atoms with Crippen molar-refractivity contribution in [1.29, 1.82) is 0 Å². The van der Waals surface area contributed by atoms with Gasteiger partial charge in [0, 0.05) is 16.6 Å². The molecule has 0 unspecified atom stereocenters. The van der Waals surface area contributed by atoms with Crippen LogP contribution in [-0.2, 0) is 9.59 Å². The van der Waals surface area contributed by atoms with E-state index in [1.54, 1.807) is 49.0 Å². The number of para-hydroxylation sites is 1. The van der Waals surface area contributed by atoms with Gasteiger partial charge in [-0.3, -0.25) is 14.5 Å². The number of carbonyl (C=O) groups is 2. The van der Waals surface area contributed by atoms with Crippen LogP contribution >= 0.6 is 11.8 Å². The molecule has 0 aromatic heterocycles. The first-order chi connectivity index (χ1) is 13.5.